The molecule has 0 aliphatic heterocycles. The van der Waals surface area contributed by atoms with Gasteiger partial charge in [0.15, 0.2) is 0 Å². The van der Waals surface area contributed by atoms with E-state index >= 15 is 0 Å². The Kier molecular flexibility index (Phi) is 4.49. The molecule has 0 fully saturated rings. The van der Waals surface area contributed by atoms with Crippen molar-refractivity contribution in [2.45, 2.75) is 20.3 Å². The summed E-state index contributed by atoms with van der Waals surface area (Å²) in [6, 6.07) is 5.05. The molecule has 1 heterocycles. The SMILES string of the molecule is CCC(=O)Oc1c(C)cccc1C(=O)Nc1nc(N)ns1. The van der Waals surface area contributed by atoms with Crippen molar-refractivity contribution in [1.29, 1.82) is 0 Å². The zero-order valence-corrected chi connectivity index (χ0v) is 12.4. The number of benzene rings is 1. The molecular weight excluding hydrogens is 292 g/mol. The van der Waals surface area contributed by atoms with Crippen LogP contribution < -0.4 is 15.8 Å². The van der Waals surface area contributed by atoms with Crippen molar-refractivity contribution in [2.75, 3.05) is 11.1 Å². The lowest BCUT2D eigenvalue weighted by atomic mass is 10.1. The molecule has 1 amide bonds. The van der Waals surface area contributed by atoms with Gasteiger partial charge in [-0.2, -0.15) is 9.36 Å². The fourth-order valence-corrected chi connectivity index (χ4v) is 2.10. The molecule has 0 aliphatic rings. The number of rotatable bonds is 4. The van der Waals surface area contributed by atoms with E-state index in [4.69, 9.17) is 10.5 Å². The Morgan fingerprint density at radius 2 is 2.19 bits per heavy atom. The van der Waals surface area contributed by atoms with Gasteiger partial charge in [0.2, 0.25) is 11.1 Å². The Balaban J connectivity index is 2.27. The second-order valence-corrected chi connectivity index (χ2v) is 4.94. The van der Waals surface area contributed by atoms with Crippen LogP contribution in [0.3, 0.4) is 0 Å². The molecule has 7 nitrogen and oxygen atoms in total. The highest BCUT2D eigenvalue weighted by molar-refractivity contribution is 7.10. The molecule has 1 aromatic heterocycles. The van der Waals surface area contributed by atoms with E-state index in [1.807, 2.05) is 0 Å². The molecule has 21 heavy (non-hydrogen) atoms. The van der Waals surface area contributed by atoms with Crippen LogP contribution in [-0.2, 0) is 4.79 Å². The van der Waals surface area contributed by atoms with Gasteiger partial charge in [-0.05, 0) is 18.6 Å². The van der Waals surface area contributed by atoms with E-state index in [0.29, 0.717) is 5.56 Å². The summed E-state index contributed by atoms with van der Waals surface area (Å²) in [7, 11) is 0. The highest BCUT2D eigenvalue weighted by Crippen LogP contribution is 2.25. The zero-order chi connectivity index (χ0) is 15.4. The van der Waals surface area contributed by atoms with E-state index in [0.717, 1.165) is 11.5 Å². The van der Waals surface area contributed by atoms with E-state index in [9.17, 15) is 9.59 Å². The number of anilines is 2. The monoisotopic (exact) mass is 306 g/mol. The van der Waals surface area contributed by atoms with Crippen LogP contribution >= 0.6 is 11.5 Å². The van der Waals surface area contributed by atoms with Crippen LogP contribution in [0.15, 0.2) is 18.2 Å². The van der Waals surface area contributed by atoms with E-state index in [1.165, 1.54) is 0 Å². The third-order valence-electron chi connectivity index (χ3n) is 2.62. The van der Waals surface area contributed by atoms with Crippen LogP contribution in [0.2, 0.25) is 0 Å². The molecule has 0 spiro atoms. The van der Waals surface area contributed by atoms with E-state index in [2.05, 4.69) is 14.7 Å². The predicted molar refractivity (Wildman–Crippen MR) is 79.4 cm³/mol. The molecule has 2 aromatic rings. The lowest BCUT2D eigenvalue weighted by molar-refractivity contribution is -0.134. The average Bonchev–Trinajstić information content (AvgIpc) is 2.86. The van der Waals surface area contributed by atoms with Gasteiger partial charge < -0.3 is 10.5 Å². The van der Waals surface area contributed by atoms with Crippen molar-refractivity contribution >= 4 is 34.5 Å². The summed E-state index contributed by atoms with van der Waals surface area (Å²) in [6.07, 6.45) is 0.225. The van der Waals surface area contributed by atoms with Crippen LogP contribution in [0.1, 0.15) is 29.3 Å². The molecule has 0 bridgehead atoms. The number of hydrogen-bond acceptors (Lipinski definition) is 7. The molecular formula is C13H14N4O3S. The van der Waals surface area contributed by atoms with Crippen LogP contribution in [0.5, 0.6) is 5.75 Å². The van der Waals surface area contributed by atoms with Crippen molar-refractivity contribution in [3.63, 3.8) is 0 Å². The van der Waals surface area contributed by atoms with Crippen LogP contribution in [-0.4, -0.2) is 21.2 Å². The van der Waals surface area contributed by atoms with Gasteiger partial charge in [0.1, 0.15) is 5.75 Å². The number of nitrogens with zero attached hydrogens (tertiary/aromatic N) is 2. The summed E-state index contributed by atoms with van der Waals surface area (Å²) in [6.45, 7) is 3.45. The lowest BCUT2D eigenvalue weighted by Crippen LogP contribution is -2.16. The number of carbonyl (C=O) groups is 2. The number of aryl methyl sites for hydroxylation is 1. The number of hydrogen-bond donors (Lipinski definition) is 2. The Labute approximate surface area is 125 Å². The molecule has 0 unspecified atom stereocenters. The average molecular weight is 306 g/mol. The van der Waals surface area contributed by atoms with Gasteiger partial charge in [-0.25, -0.2) is 0 Å². The fourth-order valence-electron chi connectivity index (χ4n) is 1.60. The maximum atomic E-state index is 12.3. The molecule has 3 N–H and O–H groups in total. The molecule has 0 saturated carbocycles. The summed E-state index contributed by atoms with van der Waals surface area (Å²) >= 11 is 0.975. The Bertz CT molecular complexity index is 684. The first-order chi connectivity index (χ1) is 10.0. The predicted octanol–water partition coefficient (Wildman–Crippen LogP) is 2.00. The molecule has 0 atom stereocenters. The summed E-state index contributed by atoms with van der Waals surface area (Å²) in [5.74, 6) is -0.497. The normalized spacial score (nSPS) is 10.2. The molecule has 2 rings (SSSR count). The zero-order valence-electron chi connectivity index (χ0n) is 11.5. The van der Waals surface area contributed by atoms with Gasteiger partial charge in [0.25, 0.3) is 5.91 Å². The number of nitrogens with two attached hydrogens (primary N) is 1. The van der Waals surface area contributed by atoms with Crippen molar-refractivity contribution in [3.05, 3.63) is 29.3 Å². The number of aromatic nitrogens is 2. The summed E-state index contributed by atoms with van der Waals surface area (Å²) in [4.78, 5) is 27.6. The third kappa shape index (κ3) is 3.54. The van der Waals surface area contributed by atoms with Crippen molar-refractivity contribution < 1.29 is 14.3 Å². The molecule has 1 aromatic carbocycles. The number of ether oxygens (including phenoxy) is 1. The smallest absolute Gasteiger partial charge is 0.310 e. The van der Waals surface area contributed by atoms with Crippen LogP contribution in [0, 0.1) is 6.92 Å². The highest BCUT2D eigenvalue weighted by Gasteiger charge is 2.18. The Hall–Kier alpha value is -2.48. The number of amides is 1. The minimum absolute atomic E-state index is 0.0946. The number of nitrogen functional groups attached to an aromatic ring is 1. The van der Waals surface area contributed by atoms with Gasteiger partial charge >= 0.3 is 5.97 Å². The largest absolute Gasteiger partial charge is 0.425 e. The topological polar surface area (TPSA) is 107 Å². The third-order valence-corrected chi connectivity index (χ3v) is 3.27. The first kappa shape index (κ1) is 14.9. The van der Waals surface area contributed by atoms with Gasteiger partial charge in [0, 0.05) is 18.0 Å². The maximum Gasteiger partial charge on any atom is 0.310 e. The molecule has 0 aliphatic carbocycles. The molecule has 8 heteroatoms. The van der Waals surface area contributed by atoms with Gasteiger partial charge in [-0.1, -0.05) is 19.1 Å². The Morgan fingerprint density at radius 3 is 2.81 bits per heavy atom. The minimum atomic E-state index is -0.436. The van der Waals surface area contributed by atoms with Crippen molar-refractivity contribution in [2.24, 2.45) is 0 Å². The van der Waals surface area contributed by atoms with Gasteiger partial charge in [-0.15, -0.1) is 0 Å². The van der Waals surface area contributed by atoms with E-state index in [-0.39, 0.29) is 28.8 Å². The van der Waals surface area contributed by atoms with Crippen LogP contribution in [0.4, 0.5) is 11.1 Å². The lowest BCUT2D eigenvalue weighted by Gasteiger charge is -2.11. The number of nitrogens with one attached hydrogen (secondary N) is 1. The van der Waals surface area contributed by atoms with Crippen molar-refractivity contribution in [1.82, 2.24) is 9.36 Å². The quantitative estimate of drug-likeness (QED) is 0.661. The van der Waals surface area contributed by atoms with Gasteiger partial charge in [-0.3, -0.25) is 14.9 Å². The summed E-state index contributed by atoms with van der Waals surface area (Å²) < 4.78 is 9.01. The van der Waals surface area contributed by atoms with E-state index < -0.39 is 11.9 Å². The minimum Gasteiger partial charge on any atom is -0.425 e. The number of para-hydroxylation sites is 1. The van der Waals surface area contributed by atoms with Crippen molar-refractivity contribution in [3.8, 4) is 5.75 Å². The highest BCUT2D eigenvalue weighted by atomic mass is 32.1. The Morgan fingerprint density at radius 1 is 1.43 bits per heavy atom. The summed E-state index contributed by atoms with van der Waals surface area (Å²) in [5.41, 5.74) is 6.35. The second-order valence-electron chi connectivity index (χ2n) is 4.19. The standard InChI is InChI=1S/C13H14N4O3S/c1-3-9(18)20-10-7(2)5-4-6-8(10)11(19)15-13-16-12(14)17-21-13/h4-6H,3H2,1-2H3,(H3,14,15,16,17,19). The molecule has 0 saturated heterocycles. The first-order valence-electron chi connectivity index (χ1n) is 6.22. The fraction of sp³-hybridized carbons (Fsp3) is 0.231. The van der Waals surface area contributed by atoms with Gasteiger partial charge in [0.05, 0.1) is 5.56 Å². The first-order valence-corrected chi connectivity index (χ1v) is 6.99. The van der Waals surface area contributed by atoms with E-state index in [1.54, 1.807) is 32.0 Å². The molecule has 110 valence electrons. The number of carbonyl (C=O) groups excluding carboxylic acids is 2. The molecule has 0 radical (unpaired) electrons. The second kappa shape index (κ2) is 6.31. The summed E-state index contributed by atoms with van der Waals surface area (Å²) in [5, 5.41) is 2.86. The number of esters is 1. The maximum absolute atomic E-state index is 12.3. The van der Waals surface area contributed by atoms with Crippen LogP contribution in [0.25, 0.3) is 0 Å².